The number of hydrogen-bond acceptors (Lipinski definition) is 4. The Kier molecular flexibility index (Phi) is 5.01. The number of carbonyl (C=O) groups is 1. The van der Waals surface area contributed by atoms with Crippen molar-refractivity contribution in [3.8, 4) is 5.88 Å². The summed E-state index contributed by atoms with van der Waals surface area (Å²) in [7, 11) is 1.57. The average molecular weight is 288 g/mol. The van der Waals surface area contributed by atoms with Crippen molar-refractivity contribution in [3.05, 3.63) is 53.7 Å². The van der Waals surface area contributed by atoms with Gasteiger partial charge < -0.3 is 10.1 Å². The van der Waals surface area contributed by atoms with Crippen molar-refractivity contribution >= 4 is 18.5 Å². The van der Waals surface area contributed by atoms with E-state index in [9.17, 15) is 4.79 Å². The first-order valence-corrected chi connectivity index (χ1v) is 6.65. The molecule has 2 aromatic rings. The molecule has 5 heteroatoms. The fraction of sp³-hybridized carbons (Fsp3) is 0.200. The van der Waals surface area contributed by atoms with Crippen molar-refractivity contribution in [2.45, 2.75) is 17.9 Å². The Hall–Kier alpha value is -2.01. The van der Waals surface area contributed by atoms with E-state index in [4.69, 9.17) is 4.74 Å². The summed E-state index contributed by atoms with van der Waals surface area (Å²) >= 11 is 4.21. The maximum atomic E-state index is 11.8. The highest BCUT2D eigenvalue weighted by atomic mass is 32.1. The highest BCUT2D eigenvalue weighted by Gasteiger charge is 2.03. The van der Waals surface area contributed by atoms with Crippen LogP contribution in [-0.2, 0) is 17.8 Å². The molecule has 1 N–H and O–H groups in total. The van der Waals surface area contributed by atoms with E-state index < -0.39 is 0 Å². The third-order valence-electron chi connectivity index (χ3n) is 2.80. The van der Waals surface area contributed by atoms with Crippen molar-refractivity contribution in [1.29, 1.82) is 0 Å². The van der Waals surface area contributed by atoms with Gasteiger partial charge in [0, 0.05) is 23.7 Å². The smallest absolute Gasteiger partial charge is 0.224 e. The van der Waals surface area contributed by atoms with Gasteiger partial charge >= 0.3 is 0 Å². The second kappa shape index (κ2) is 6.96. The first kappa shape index (κ1) is 14.4. The van der Waals surface area contributed by atoms with Crippen molar-refractivity contribution in [2.24, 2.45) is 0 Å². The van der Waals surface area contributed by atoms with Crippen molar-refractivity contribution < 1.29 is 9.53 Å². The number of rotatable bonds is 5. The van der Waals surface area contributed by atoms with Crippen molar-refractivity contribution in [3.63, 3.8) is 0 Å². The van der Waals surface area contributed by atoms with Gasteiger partial charge in [0.05, 0.1) is 13.5 Å². The Bertz CT molecular complexity index is 567. The molecule has 0 spiro atoms. The number of hydrogen-bond donors (Lipinski definition) is 2. The summed E-state index contributed by atoms with van der Waals surface area (Å²) < 4.78 is 4.98. The van der Waals surface area contributed by atoms with Gasteiger partial charge in [0.25, 0.3) is 0 Å². The second-order valence-corrected chi connectivity index (χ2v) is 4.85. The van der Waals surface area contributed by atoms with Crippen LogP contribution in [0, 0.1) is 0 Å². The zero-order chi connectivity index (χ0) is 14.4. The lowest BCUT2D eigenvalue weighted by Gasteiger charge is -2.06. The molecule has 0 aliphatic carbocycles. The van der Waals surface area contributed by atoms with Crippen molar-refractivity contribution in [1.82, 2.24) is 10.3 Å². The summed E-state index contributed by atoms with van der Waals surface area (Å²) in [5.74, 6) is 0.541. The predicted octanol–water partition coefficient (Wildman–Crippen LogP) is 2.24. The van der Waals surface area contributed by atoms with E-state index in [1.165, 1.54) is 0 Å². The summed E-state index contributed by atoms with van der Waals surface area (Å²) in [6.45, 7) is 0.459. The van der Waals surface area contributed by atoms with Crippen LogP contribution in [0.25, 0.3) is 0 Å². The van der Waals surface area contributed by atoms with Gasteiger partial charge in [-0.1, -0.05) is 18.2 Å². The molecule has 1 aromatic heterocycles. The van der Waals surface area contributed by atoms with Gasteiger partial charge in [-0.05, 0) is 23.3 Å². The van der Waals surface area contributed by atoms with Crippen LogP contribution < -0.4 is 10.1 Å². The van der Waals surface area contributed by atoms with Crippen LogP contribution in [-0.4, -0.2) is 18.0 Å². The first-order chi connectivity index (χ1) is 9.67. The molecule has 104 valence electrons. The Morgan fingerprint density at radius 3 is 2.50 bits per heavy atom. The molecule has 2 rings (SSSR count). The minimum atomic E-state index is -0.0206. The van der Waals surface area contributed by atoms with Gasteiger partial charge in [-0.3, -0.25) is 4.79 Å². The lowest BCUT2D eigenvalue weighted by molar-refractivity contribution is -0.120. The van der Waals surface area contributed by atoms with Gasteiger partial charge in [0.2, 0.25) is 11.8 Å². The fourth-order valence-electron chi connectivity index (χ4n) is 1.70. The number of pyridine rings is 1. The number of ether oxygens (including phenoxy) is 1. The number of benzene rings is 1. The molecule has 0 atom stereocenters. The maximum Gasteiger partial charge on any atom is 0.224 e. The summed E-state index contributed by atoms with van der Waals surface area (Å²) in [6, 6.07) is 11.2. The van der Waals surface area contributed by atoms with Gasteiger partial charge in [-0.2, -0.15) is 0 Å². The van der Waals surface area contributed by atoms with E-state index in [1.54, 1.807) is 19.4 Å². The largest absolute Gasteiger partial charge is 0.481 e. The highest BCUT2D eigenvalue weighted by molar-refractivity contribution is 7.80. The van der Waals surface area contributed by atoms with E-state index in [-0.39, 0.29) is 5.91 Å². The average Bonchev–Trinajstić information content (AvgIpc) is 2.48. The molecule has 0 unspecified atom stereocenters. The Labute approximate surface area is 123 Å². The van der Waals surface area contributed by atoms with Crippen LogP contribution in [0.4, 0.5) is 0 Å². The third kappa shape index (κ3) is 4.28. The van der Waals surface area contributed by atoms with Crippen LogP contribution in [0.15, 0.2) is 47.5 Å². The second-order valence-electron chi connectivity index (χ2n) is 4.33. The molecule has 0 bridgehead atoms. The maximum absolute atomic E-state index is 11.8. The summed E-state index contributed by atoms with van der Waals surface area (Å²) in [6.07, 6.45) is 2.05. The molecule has 4 nitrogen and oxygen atoms in total. The van der Waals surface area contributed by atoms with Gasteiger partial charge in [-0.25, -0.2) is 4.98 Å². The Morgan fingerprint density at radius 2 is 1.90 bits per heavy atom. The molecule has 0 radical (unpaired) electrons. The molecular weight excluding hydrogens is 272 g/mol. The van der Waals surface area contributed by atoms with E-state index >= 15 is 0 Å². The lowest BCUT2D eigenvalue weighted by Crippen LogP contribution is -2.24. The fourth-order valence-corrected chi connectivity index (χ4v) is 1.85. The van der Waals surface area contributed by atoms with Gasteiger partial charge in [-0.15, -0.1) is 12.6 Å². The van der Waals surface area contributed by atoms with Gasteiger partial charge in [0.1, 0.15) is 0 Å². The minimum absolute atomic E-state index is 0.0206. The Morgan fingerprint density at radius 1 is 1.20 bits per heavy atom. The molecule has 1 amide bonds. The molecule has 0 aliphatic heterocycles. The molecule has 1 aromatic carbocycles. The quantitative estimate of drug-likeness (QED) is 0.830. The monoisotopic (exact) mass is 288 g/mol. The SMILES string of the molecule is COc1ccc(CNC(=O)Cc2ccc(S)cc2)cn1. The van der Waals surface area contributed by atoms with Crippen LogP contribution >= 0.6 is 12.6 Å². The van der Waals surface area contributed by atoms with E-state index in [2.05, 4.69) is 22.9 Å². The predicted molar refractivity (Wildman–Crippen MR) is 80.0 cm³/mol. The lowest BCUT2D eigenvalue weighted by atomic mass is 10.1. The number of thiol groups is 1. The molecule has 20 heavy (non-hydrogen) atoms. The topological polar surface area (TPSA) is 51.2 Å². The number of amides is 1. The molecular formula is C15H16N2O2S. The molecule has 0 fully saturated rings. The summed E-state index contributed by atoms with van der Waals surface area (Å²) in [5.41, 5.74) is 1.90. The zero-order valence-electron chi connectivity index (χ0n) is 11.2. The summed E-state index contributed by atoms with van der Waals surface area (Å²) in [5, 5.41) is 2.86. The first-order valence-electron chi connectivity index (χ1n) is 6.21. The molecule has 0 saturated carbocycles. The van der Waals surface area contributed by atoms with E-state index in [0.717, 1.165) is 16.0 Å². The van der Waals surface area contributed by atoms with Crippen LogP contribution in [0.1, 0.15) is 11.1 Å². The number of carbonyl (C=O) groups excluding carboxylic acids is 1. The van der Waals surface area contributed by atoms with Crippen LogP contribution in [0.3, 0.4) is 0 Å². The standard InChI is InChI=1S/C15H16N2O2S/c1-19-15-7-4-12(10-17-15)9-16-14(18)8-11-2-5-13(20)6-3-11/h2-7,10,20H,8-9H2,1H3,(H,16,18). The number of methoxy groups -OCH3 is 1. The molecule has 1 heterocycles. The molecule has 0 aliphatic rings. The molecule has 0 saturated heterocycles. The third-order valence-corrected chi connectivity index (χ3v) is 3.10. The van der Waals surface area contributed by atoms with Crippen LogP contribution in [0.2, 0.25) is 0 Å². The Balaban J connectivity index is 1.83. The number of nitrogens with zero attached hydrogens (tertiary/aromatic N) is 1. The zero-order valence-corrected chi connectivity index (χ0v) is 12.1. The minimum Gasteiger partial charge on any atom is -0.481 e. The van der Waals surface area contributed by atoms with E-state index in [0.29, 0.717) is 18.8 Å². The van der Waals surface area contributed by atoms with Gasteiger partial charge in [0.15, 0.2) is 0 Å². The summed E-state index contributed by atoms with van der Waals surface area (Å²) in [4.78, 5) is 16.8. The van der Waals surface area contributed by atoms with Crippen molar-refractivity contribution in [2.75, 3.05) is 7.11 Å². The number of nitrogens with one attached hydrogen (secondary N) is 1. The van der Waals surface area contributed by atoms with Crippen LogP contribution in [0.5, 0.6) is 5.88 Å². The highest BCUT2D eigenvalue weighted by Crippen LogP contribution is 2.09. The number of aromatic nitrogens is 1. The normalized spacial score (nSPS) is 10.1. The van der Waals surface area contributed by atoms with E-state index in [1.807, 2.05) is 30.3 Å².